The maximum atomic E-state index is 13.0. The number of rotatable bonds is 2. The van der Waals surface area contributed by atoms with Crippen LogP contribution in [0.3, 0.4) is 0 Å². The van der Waals surface area contributed by atoms with Gasteiger partial charge in [-0.25, -0.2) is 4.79 Å². The first-order valence-corrected chi connectivity index (χ1v) is 10.6. The van der Waals surface area contributed by atoms with Crippen molar-refractivity contribution in [2.75, 3.05) is 44.7 Å². The third-order valence-corrected chi connectivity index (χ3v) is 6.48. The number of piperidine rings is 2. The van der Waals surface area contributed by atoms with Crippen LogP contribution in [0, 0.1) is 0 Å². The summed E-state index contributed by atoms with van der Waals surface area (Å²) in [5.41, 5.74) is 0.0706. The molecule has 1 aromatic rings. The normalized spacial score (nSPS) is 25.1. The molecule has 0 unspecified atom stereocenters. The second-order valence-electron chi connectivity index (χ2n) is 8.41. The van der Waals surface area contributed by atoms with Crippen molar-refractivity contribution >= 4 is 17.6 Å². The number of nitrogens with zero attached hydrogens (tertiary/aromatic N) is 3. The van der Waals surface area contributed by atoms with Crippen molar-refractivity contribution in [3.05, 3.63) is 29.8 Å². The first kappa shape index (κ1) is 21.7. The van der Waals surface area contributed by atoms with Crippen LogP contribution in [0.5, 0.6) is 0 Å². The molecule has 3 heterocycles. The molecule has 0 radical (unpaired) electrons. The van der Waals surface area contributed by atoms with Gasteiger partial charge in [0.1, 0.15) is 6.61 Å². The van der Waals surface area contributed by atoms with Crippen LogP contribution in [0.4, 0.5) is 23.7 Å². The number of halogens is 3. The summed E-state index contributed by atoms with van der Waals surface area (Å²) in [4.78, 5) is 30.1. The maximum absolute atomic E-state index is 13.0. The number of fused-ring (bicyclic) bond motifs is 1. The lowest BCUT2D eigenvalue weighted by atomic mass is 10.00. The van der Waals surface area contributed by atoms with Gasteiger partial charge in [0.15, 0.2) is 0 Å². The van der Waals surface area contributed by atoms with E-state index in [4.69, 9.17) is 4.74 Å². The van der Waals surface area contributed by atoms with E-state index in [1.165, 1.54) is 12.1 Å². The molecule has 0 aliphatic carbocycles. The zero-order valence-electron chi connectivity index (χ0n) is 17.4. The Bertz CT molecular complexity index is 809. The van der Waals surface area contributed by atoms with E-state index in [0.717, 1.165) is 30.7 Å². The number of nitrogens with one attached hydrogen (secondary N) is 1. The zero-order valence-corrected chi connectivity index (χ0v) is 17.4. The highest BCUT2D eigenvalue weighted by molar-refractivity contribution is 5.79. The van der Waals surface area contributed by atoms with E-state index in [1.807, 2.05) is 16.8 Å². The molecule has 1 N–H and O–H groups in total. The number of likely N-dealkylation sites (tertiary alicyclic amines) is 2. The average molecular weight is 440 g/mol. The van der Waals surface area contributed by atoms with Crippen LogP contribution >= 0.6 is 0 Å². The van der Waals surface area contributed by atoms with Crippen molar-refractivity contribution in [2.45, 2.75) is 43.6 Å². The summed E-state index contributed by atoms with van der Waals surface area (Å²) in [7, 11) is 1.88. The molecule has 3 saturated heterocycles. The number of amides is 3. The minimum atomic E-state index is -4.34. The highest BCUT2D eigenvalue weighted by Gasteiger charge is 2.38. The number of urea groups is 1. The molecular weight excluding hydrogens is 413 g/mol. The number of hydrogen-bond acceptors (Lipinski definition) is 4. The molecule has 31 heavy (non-hydrogen) atoms. The van der Waals surface area contributed by atoms with Crippen molar-refractivity contribution in [3.8, 4) is 0 Å². The van der Waals surface area contributed by atoms with Crippen molar-refractivity contribution in [1.82, 2.24) is 15.1 Å². The van der Waals surface area contributed by atoms with Gasteiger partial charge in [0.05, 0.1) is 17.7 Å². The summed E-state index contributed by atoms with van der Waals surface area (Å²) in [5, 5.41) is 2.91. The summed E-state index contributed by atoms with van der Waals surface area (Å²) in [6.45, 7) is 2.29. The molecular formula is C21H27F3N4O3. The number of ether oxygens (including phenoxy) is 1. The monoisotopic (exact) mass is 440 g/mol. The third-order valence-electron chi connectivity index (χ3n) is 6.48. The molecule has 0 saturated carbocycles. The number of morpholine rings is 1. The number of alkyl halides is 3. The van der Waals surface area contributed by atoms with Crippen LogP contribution in [0.15, 0.2) is 24.3 Å². The highest BCUT2D eigenvalue weighted by Crippen LogP contribution is 2.31. The fourth-order valence-corrected chi connectivity index (χ4v) is 4.61. The number of carbonyl (C=O) groups is 2. The molecule has 1 aromatic carbocycles. The minimum Gasteiger partial charge on any atom is -0.371 e. The summed E-state index contributed by atoms with van der Waals surface area (Å²) < 4.78 is 43.9. The maximum Gasteiger partial charge on any atom is 0.416 e. The van der Waals surface area contributed by atoms with E-state index in [1.54, 1.807) is 4.90 Å². The zero-order chi connectivity index (χ0) is 22.2. The van der Waals surface area contributed by atoms with Gasteiger partial charge in [-0.05, 0) is 43.5 Å². The van der Waals surface area contributed by atoms with E-state index in [2.05, 4.69) is 5.32 Å². The number of benzene rings is 1. The Morgan fingerprint density at radius 3 is 2.39 bits per heavy atom. The van der Waals surface area contributed by atoms with Gasteiger partial charge in [-0.15, -0.1) is 0 Å². The van der Waals surface area contributed by atoms with Crippen LogP contribution in [0.2, 0.25) is 0 Å². The fourth-order valence-electron chi connectivity index (χ4n) is 4.61. The minimum absolute atomic E-state index is 0.0334. The van der Waals surface area contributed by atoms with E-state index in [9.17, 15) is 22.8 Å². The quantitative estimate of drug-likeness (QED) is 0.767. The highest BCUT2D eigenvalue weighted by atomic mass is 19.4. The molecule has 0 bridgehead atoms. The van der Waals surface area contributed by atoms with Crippen LogP contribution < -0.4 is 10.2 Å². The summed E-state index contributed by atoms with van der Waals surface area (Å²) in [5.74, 6) is -0.150. The number of carbonyl (C=O) groups excluding carboxylic acids is 2. The lowest BCUT2D eigenvalue weighted by Crippen LogP contribution is -2.62. The largest absolute Gasteiger partial charge is 0.416 e. The van der Waals surface area contributed by atoms with Gasteiger partial charge in [0.2, 0.25) is 5.91 Å². The molecule has 3 fully saturated rings. The molecule has 2 atom stereocenters. The van der Waals surface area contributed by atoms with E-state index >= 15 is 0 Å². The van der Waals surface area contributed by atoms with Gasteiger partial charge < -0.3 is 24.8 Å². The van der Waals surface area contributed by atoms with Gasteiger partial charge in [-0.3, -0.25) is 4.79 Å². The van der Waals surface area contributed by atoms with Crippen LogP contribution in [0.25, 0.3) is 0 Å². The fraction of sp³-hybridized carbons (Fsp3) is 0.619. The molecule has 10 heteroatoms. The smallest absolute Gasteiger partial charge is 0.371 e. The summed E-state index contributed by atoms with van der Waals surface area (Å²) in [6, 6.07) is 5.13. The van der Waals surface area contributed by atoms with Crippen molar-refractivity contribution in [2.24, 2.45) is 0 Å². The lowest BCUT2D eigenvalue weighted by Gasteiger charge is -2.44. The Kier molecular flexibility index (Phi) is 6.00. The van der Waals surface area contributed by atoms with Crippen molar-refractivity contribution in [3.63, 3.8) is 0 Å². The van der Waals surface area contributed by atoms with Gasteiger partial charge in [0.25, 0.3) is 0 Å². The first-order valence-electron chi connectivity index (χ1n) is 10.6. The molecule has 3 aliphatic rings. The van der Waals surface area contributed by atoms with Gasteiger partial charge in [-0.1, -0.05) is 0 Å². The number of hydrogen-bond donors (Lipinski definition) is 1. The molecule has 4 rings (SSSR count). The summed E-state index contributed by atoms with van der Waals surface area (Å²) in [6.07, 6.45) is -2.20. The number of anilines is 1. The summed E-state index contributed by atoms with van der Waals surface area (Å²) >= 11 is 0. The van der Waals surface area contributed by atoms with Gasteiger partial charge in [-0.2, -0.15) is 13.2 Å². The lowest BCUT2D eigenvalue weighted by molar-refractivity contribution is -0.140. The Hall–Kier alpha value is -2.49. The molecule has 0 spiro atoms. The van der Waals surface area contributed by atoms with E-state index in [-0.39, 0.29) is 36.7 Å². The average Bonchev–Trinajstić information content (AvgIpc) is 2.77. The van der Waals surface area contributed by atoms with Gasteiger partial charge >= 0.3 is 12.2 Å². The predicted molar refractivity (Wildman–Crippen MR) is 108 cm³/mol. The van der Waals surface area contributed by atoms with Crippen LogP contribution in [0.1, 0.15) is 24.8 Å². The first-order chi connectivity index (χ1) is 14.7. The molecule has 7 nitrogen and oxygen atoms in total. The third kappa shape index (κ3) is 4.73. The standard InChI is InChI=1S/C21H27F3N4O3/c1-26(15-4-2-14(3-5-15)21(22,23)24)16-6-9-27(10-7-16)20(30)28-11-8-18-17(12-28)25-19(29)13-31-18/h2-5,16-18H,6-13H2,1H3,(H,25,29)/t17-,18+/m1/s1. The Labute approximate surface area is 179 Å². The molecule has 3 amide bonds. The topological polar surface area (TPSA) is 65.1 Å². The second-order valence-corrected chi connectivity index (χ2v) is 8.41. The Balaban J connectivity index is 1.30. The molecule has 170 valence electrons. The van der Waals surface area contributed by atoms with Crippen molar-refractivity contribution in [1.29, 1.82) is 0 Å². The van der Waals surface area contributed by atoms with Crippen molar-refractivity contribution < 1.29 is 27.5 Å². The molecule has 0 aromatic heterocycles. The van der Waals surface area contributed by atoms with E-state index in [0.29, 0.717) is 32.6 Å². The predicted octanol–water partition coefficient (Wildman–Crippen LogP) is 2.32. The SMILES string of the molecule is CN(c1ccc(C(F)(F)F)cc1)C1CCN(C(=O)N2CC[C@@H]3OCC(=O)N[C@@H]3C2)CC1. The van der Waals surface area contributed by atoms with E-state index < -0.39 is 11.7 Å². The van der Waals surface area contributed by atoms with Gasteiger partial charge in [0, 0.05) is 45.0 Å². The second kappa shape index (κ2) is 8.57. The van der Waals surface area contributed by atoms with Crippen LogP contribution in [-0.2, 0) is 15.7 Å². The van der Waals surface area contributed by atoms with Crippen LogP contribution in [-0.4, -0.2) is 79.8 Å². The Morgan fingerprint density at radius 1 is 1.10 bits per heavy atom. The molecule has 3 aliphatic heterocycles. The Morgan fingerprint density at radius 2 is 1.74 bits per heavy atom.